The fraction of sp³-hybridized carbons (Fsp3) is 0.545. The van der Waals surface area contributed by atoms with Crippen LogP contribution in [0.25, 0.3) is 0 Å². The number of hydrogen-bond acceptors (Lipinski definition) is 2. The number of cyclic esters (lactones) is 1. The van der Waals surface area contributed by atoms with Crippen LogP contribution in [-0.2, 0) is 9.53 Å². The van der Waals surface area contributed by atoms with Crippen molar-refractivity contribution >= 4 is 5.97 Å². The Morgan fingerprint density at radius 1 is 1.15 bits per heavy atom. The summed E-state index contributed by atoms with van der Waals surface area (Å²) in [6.45, 7) is 7.83. The van der Waals surface area contributed by atoms with Crippen molar-refractivity contribution in [2.24, 2.45) is 0 Å². The number of carbonyl (C=O) groups is 1. The zero-order chi connectivity index (χ0) is 10.3. The van der Waals surface area contributed by atoms with Gasteiger partial charge in [-0.3, -0.25) is 4.79 Å². The van der Waals surface area contributed by atoms with Gasteiger partial charge in [-0.15, -0.1) is 0 Å². The predicted octanol–water partition coefficient (Wildman–Crippen LogP) is 3.20. The van der Waals surface area contributed by atoms with Crippen LogP contribution in [0.2, 0.25) is 0 Å². The van der Waals surface area contributed by atoms with Crippen LogP contribution in [0.4, 0.5) is 0 Å². The van der Waals surface area contributed by atoms with Crippen LogP contribution in [0, 0.1) is 0 Å². The third kappa shape index (κ3) is 3.45. The molecule has 1 aliphatic rings. The molecule has 2 heteroatoms. The van der Waals surface area contributed by atoms with Gasteiger partial charge in [0, 0.05) is 0 Å². The Morgan fingerprint density at radius 3 is 2.23 bits per heavy atom. The number of allylic oxidation sites excluding steroid dienone is 3. The second-order valence-electron chi connectivity index (χ2n) is 2.44. The summed E-state index contributed by atoms with van der Waals surface area (Å²) in [6, 6.07) is 0. The van der Waals surface area contributed by atoms with Crippen molar-refractivity contribution in [1.29, 1.82) is 0 Å². The highest BCUT2D eigenvalue weighted by molar-refractivity contribution is 5.73. The summed E-state index contributed by atoms with van der Waals surface area (Å²) in [4.78, 5) is 10.8. The van der Waals surface area contributed by atoms with E-state index in [4.69, 9.17) is 4.74 Å². The van der Waals surface area contributed by atoms with Crippen LogP contribution >= 0.6 is 0 Å². The third-order valence-corrected chi connectivity index (χ3v) is 1.75. The molecule has 0 atom stereocenters. The van der Waals surface area contributed by atoms with E-state index in [0.717, 1.165) is 17.8 Å². The van der Waals surface area contributed by atoms with Crippen LogP contribution < -0.4 is 0 Å². The van der Waals surface area contributed by atoms with Crippen molar-refractivity contribution in [2.45, 2.75) is 40.5 Å². The molecule has 1 aliphatic heterocycles. The maximum Gasteiger partial charge on any atom is 0.311 e. The molecule has 0 aliphatic carbocycles. The molecule has 1 saturated heterocycles. The first-order chi connectivity index (χ1) is 6.27. The molecule has 0 amide bonds. The van der Waals surface area contributed by atoms with Crippen molar-refractivity contribution < 1.29 is 9.53 Å². The van der Waals surface area contributed by atoms with Gasteiger partial charge in [0.1, 0.15) is 5.76 Å². The van der Waals surface area contributed by atoms with Gasteiger partial charge in [-0.25, -0.2) is 0 Å². The Kier molecular flexibility index (Phi) is 5.94. The van der Waals surface area contributed by atoms with Crippen molar-refractivity contribution in [3.05, 3.63) is 23.5 Å². The first kappa shape index (κ1) is 11.9. The Hall–Kier alpha value is -1.05. The Bertz CT molecular complexity index is 224. The molecule has 0 bridgehead atoms. The van der Waals surface area contributed by atoms with Crippen LogP contribution in [0.3, 0.4) is 0 Å². The molecule has 74 valence electrons. The molecule has 0 N–H and O–H groups in total. The van der Waals surface area contributed by atoms with Crippen molar-refractivity contribution in [2.75, 3.05) is 0 Å². The molecule has 0 aromatic heterocycles. The number of hydrogen-bond donors (Lipinski definition) is 0. The first-order valence-corrected chi connectivity index (χ1v) is 4.80. The van der Waals surface area contributed by atoms with Crippen LogP contribution in [0.5, 0.6) is 0 Å². The molecule has 2 nitrogen and oxygen atoms in total. The molecule has 0 spiro atoms. The molecule has 13 heavy (non-hydrogen) atoms. The fourth-order valence-corrected chi connectivity index (χ4v) is 1.13. The summed E-state index contributed by atoms with van der Waals surface area (Å²) in [5.74, 6) is 0.604. The van der Waals surface area contributed by atoms with Crippen LogP contribution in [0.1, 0.15) is 40.5 Å². The number of carbonyl (C=O) groups excluding carboxylic acids is 1. The first-order valence-electron chi connectivity index (χ1n) is 4.80. The minimum atomic E-state index is -0.122. The smallest absolute Gasteiger partial charge is 0.311 e. The SMILES string of the molecule is C/C=C1/CCC(=O)O/C1=C/C.CC. The lowest BCUT2D eigenvalue weighted by Gasteiger charge is -2.16. The monoisotopic (exact) mass is 182 g/mol. The lowest BCUT2D eigenvalue weighted by molar-refractivity contribution is -0.140. The number of ether oxygens (including phenoxy) is 1. The molecule has 0 radical (unpaired) electrons. The fourth-order valence-electron chi connectivity index (χ4n) is 1.13. The van der Waals surface area contributed by atoms with Gasteiger partial charge in [0.2, 0.25) is 0 Å². The van der Waals surface area contributed by atoms with Gasteiger partial charge in [0.15, 0.2) is 0 Å². The Morgan fingerprint density at radius 2 is 1.77 bits per heavy atom. The minimum Gasteiger partial charge on any atom is -0.427 e. The second kappa shape index (κ2) is 6.46. The molecule has 1 heterocycles. The van der Waals surface area contributed by atoms with E-state index < -0.39 is 0 Å². The van der Waals surface area contributed by atoms with E-state index in [0.29, 0.717) is 6.42 Å². The molecular formula is C11H18O2. The maximum atomic E-state index is 10.8. The molecule has 1 rings (SSSR count). The van der Waals surface area contributed by atoms with E-state index in [1.165, 1.54) is 0 Å². The molecular weight excluding hydrogens is 164 g/mol. The van der Waals surface area contributed by atoms with Gasteiger partial charge < -0.3 is 4.74 Å². The molecule has 0 aromatic carbocycles. The van der Waals surface area contributed by atoms with Crippen molar-refractivity contribution in [3.8, 4) is 0 Å². The average Bonchev–Trinajstić information content (AvgIpc) is 2.20. The largest absolute Gasteiger partial charge is 0.427 e. The normalized spacial score (nSPS) is 22.3. The lowest BCUT2D eigenvalue weighted by atomic mass is 10.1. The van der Waals surface area contributed by atoms with Crippen molar-refractivity contribution in [1.82, 2.24) is 0 Å². The number of esters is 1. The molecule has 0 unspecified atom stereocenters. The quantitative estimate of drug-likeness (QED) is 0.538. The summed E-state index contributed by atoms with van der Waals surface area (Å²) >= 11 is 0. The van der Waals surface area contributed by atoms with E-state index in [2.05, 4.69) is 0 Å². The third-order valence-electron chi connectivity index (χ3n) is 1.75. The predicted molar refractivity (Wildman–Crippen MR) is 54.2 cm³/mol. The standard InChI is InChI=1S/C9H12O2.C2H6/c1-3-7-5-6-9(10)11-8(7)4-2;1-2/h3-4H,5-6H2,1-2H3;1-2H3/b7-3-,8-4+;. The Labute approximate surface area is 80.3 Å². The van der Waals surface area contributed by atoms with Crippen LogP contribution in [0.15, 0.2) is 23.5 Å². The van der Waals surface area contributed by atoms with Gasteiger partial charge in [0.05, 0.1) is 6.42 Å². The summed E-state index contributed by atoms with van der Waals surface area (Å²) in [5.41, 5.74) is 1.13. The molecule has 1 fully saturated rings. The zero-order valence-corrected chi connectivity index (χ0v) is 8.89. The second-order valence-corrected chi connectivity index (χ2v) is 2.44. The number of rotatable bonds is 0. The lowest BCUT2D eigenvalue weighted by Crippen LogP contribution is -2.12. The summed E-state index contributed by atoms with van der Waals surface area (Å²) in [5, 5.41) is 0. The summed E-state index contributed by atoms with van der Waals surface area (Å²) in [7, 11) is 0. The summed E-state index contributed by atoms with van der Waals surface area (Å²) < 4.78 is 4.99. The van der Waals surface area contributed by atoms with E-state index in [9.17, 15) is 4.79 Å². The average molecular weight is 182 g/mol. The topological polar surface area (TPSA) is 26.3 Å². The van der Waals surface area contributed by atoms with Gasteiger partial charge in [-0.1, -0.05) is 19.9 Å². The van der Waals surface area contributed by atoms with E-state index in [1.54, 1.807) is 0 Å². The maximum absolute atomic E-state index is 10.8. The Balaban J connectivity index is 0.000000671. The van der Waals surface area contributed by atoms with Crippen molar-refractivity contribution in [3.63, 3.8) is 0 Å². The van der Waals surface area contributed by atoms with E-state index in [1.807, 2.05) is 39.8 Å². The molecule has 0 saturated carbocycles. The minimum absolute atomic E-state index is 0.122. The van der Waals surface area contributed by atoms with Crippen LogP contribution in [-0.4, -0.2) is 5.97 Å². The van der Waals surface area contributed by atoms with Gasteiger partial charge in [-0.2, -0.15) is 0 Å². The van der Waals surface area contributed by atoms with E-state index >= 15 is 0 Å². The van der Waals surface area contributed by atoms with Gasteiger partial charge >= 0.3 is 5.97 Å². The van der Waals surface area contributed by atoms with Gasteiger partial charge in [-0.05, 0) is 31.9 Å². The van der Waals surface area contributed by atoms with E-state index in [-0.39, 0.29) is 5.97 Å². The molecule has 0 aromatic rings. The van der Waals surface area contributed by atoms with Gasteiger partial charge in [0.25, 0.3) is 0 Å². The summed E-state index contributed by atoms with van der Waals surface area (Å²) in [6.07, 6.45) is 5.14. The highest BCUT2D eigenvalue weighted by atomic mass is 16.5. The zero-order valence-electron chi connectivity index (χ0n) is 8.89. The highest BCUT2D eigenvalue weighted by Gasteiger charge is 2.17. The highest BCUT2D eigenvalue weighted by Crippen LogP contribution is 2.23.